The molecule has 0 saturated heterocycles. The van der Waals surface area contributed by atoms with E-state index in [4.69, 9.17) is 4.42 Å². The Morgan fingerprint density at radius 2 is 2.11 bits per heavy atom. The molecule has 0 aliphatic heterocycles. The lowest BCUT2D eigenvalue weighted by molar-refractivity contribution is 0.422. The molecule has 2 rings (SSSR count). The summed E-state index contributed by atoms with van der Waals surface area (Å²) in [5.41, 5.74) is 1.22. The fourth-order valence-electron chi connectivity index (χ4n) is 1.94. The number of hydrogen-bond acceptors (Lipinski definition) is 3. The molecule has 1 unspecified atom stereocenters. The Kier molecular flexibility index (Phi) is 5.69. The Balaban J connectivity index is 2.32. The zero-order chi connectivity index (χ0) is 13.8. The first-order valence-electron chi connectivity index (χ1n) is 6.42. The van der Waals surface area contributed by atoms with Gasteiger partial charge in [0, 0.05) is 12.0 Å². The lowest BCUT2D eigenvalue weighted by Crippen LogP contribution is -2.22. The highest BCUT2D eigenvalue weighted by Crippen LogP contribution is 2.38. The van der Waals surface area contributed by atoms with E-state index in [1.165, 1.54) is 5.56 Å². The van der Waals surface area contributed by atoms with Crippen LogP contribution in [0.4, 0.5) is 0 Å². The van der Waals surface area contributed by atoms with Crippen LogP contribution in [0, 0.1) is 0 Å². The molecule has 2 aromatic rings. The standard InChI is InChI=1S/C14H17Br2NOS/c1-3-7-17-13(10-8-12(15)19-14(10)16)11-6-5-9(4-2)18-11/h5-6,8,13,17H,3-4,7H2,1-2H3. The van der Waals surface area contributed by atoms with Gasteiger partial charge in [-0.2, -0.15) is 0 Å². The maximum absolute atomic E-state index is 5.92. The monoisotopic (exact) mass is 405 g/mol. The zero-order valence-electron chi connectivity index (χ0n) is 11.0. The van der Waals surface area contributed by atoms with Crippen LogP contribution in [0.1, 0.15) is 43.4 Å². The van der Waals surface area contributed by atoms with Gasteiger partial charge in [-0.1, -0.05) is 13.8 Å². The number of hydrogen-bond donors (Lipinski definition) is 1. The fraction of sp³-hybridized carbons (Fsp3) is 0.429. The molecule has 0 aliphatic carbocycles. The van der Waals surface area contributed by atoms with Crippen LogP contribution in [0.3, 0.4) is 0 Å². The van der Waals surface area contributed by atoms with Crippen molar-refractivity contribution < 1.29 is 4.42 Å². The molecule has 104 valence electrons. The van der Waals surface area contributed by atoms with E-state index in [1.54, 1.807) is 11.3 Å². The number of nitrogens with one attached hydrogen (secondary N) is 1. The molecular weight excluding hydrogens is 390 g/mol. The number of halogens is 2. The molecule has 2 nitrogen and oxygen atoms in total. The Hall–Kier alpha value is -0.100. The molecule has 0 aromatic carbocycles. The van der Waals surface area contributed by atoms with Crippen molar-refractivity contribution in [3.63, 3.8) is 0 Å². The van der Waals surface area contributed by atoms with Gasteiger partial charge in [-0.25, -0.2) is 0 Å². The van der Waals surface area contributed by atoms with Crippen LogP contribution in [0.15, 0.2) is 30.2 Å². The highest BCUT2D eigenvalue weighted by molar-refractivity contribution is 9.12. The summed E-state index contributed by atoms with van der Waals surface area (Å²) in [7, 11) is 0. The minimum Gasteiger partial charge on any atom is -0.464 e. The molecule has 1 atom stereocenters. The number of rotatable bonds is 6. The van der Waals surface area contributed by atoms with Gasteiger partial charge in [-0.15, -0.1) is 11.3 Å². The molecule has 2 aromatic heterocycles. The lowest BCUT2D eigenvalue weighted by atomic mass is 10.1. The van der Waals surface area contributed by atoms with Crippen LogP contribution in [-0.2, 0) is 6.42 Å². The summed E-state index contributed by atoms with van der Waals surface area (Å²) < 4.78 is 8.18. The van der Waals surface area contributed by atoms with Gasteiger partial charge in [-0.3, -0.25) is 0 Å². The van der Waals surface area contributed by atoms with Crippen molar-refractivity contribution in [1.82, 2.24) is 5.32 Å². The first-order valence-corrected chi connectivity index (χ1v) is 8.82. The molecule has 5 heteroatoms. The second kappa shape index (κ2) is 7.07. The Labute approximate surface area is 134 Å². The van der Waals surface area contributed by atoms with Gasteiger partial charge in [0.2, 0.25) is 0 Å². The summed E-state index contributed by atoms with van der Waals surface area (Å²) in [6.07, 6.45) is 2.02. The Bertz CT molecular complexity index is 535. The van der Waals surface area contributed by atoms with Crippen LogP contribution in [0.25, 0.3) is 0 Å². The largest absolute Gasteiger partial charge is 0.464 e. The smallest absolute Gasteiger partial charge is 0.125 e. The third kappa shape index (κ3) is 3.72. The van der Waals surface area contributed by atoms with Crippen molar-refractivity contribution in [3.8, 4) is 0 Å². The highest BCUT2D eigenvalue weighted by Gasteiger charge is 2.21. The van der Waals surface area contributed by atoms with Crippen LogP contribution in [0.5, 0.6) is 0 Å². The molecule has 0 fully saturated rings. The van der Waals surface area contributed by atoms with E-state index in [0.29, 0.717) is 0 Å². The van der Waals surface area contributed by atoms with Crippen LogP contribution >= 0.6 is 43.2 Å². The molecule has 1 N–H and O–H groups in total. The second-order valence-corrected chi connectivity index (χ2v) is 8.07. The normalized spacial score (nSPS) is 12.8. The first-order chi connectivity index (χ1) is 9.15. The van der Waals surface area contributed by atoms with E-state index < -0.39 is 0 Å². The van der Waals surface area contributed by atoms with Crippen molar-refractivity contribution in [2.75, 3.05) is 6.54 Å². The zero-order valence-corrected chi connectivity index (χ0v) is 15.0. The van der Waals surface area contributed by atoms with E-state index in [9.17, 15) is 0 Å². The molecule has 0 radical (unpaired) electrons. The number of aryl methyl sites for hydroxylation is 1. The summed E-state index contributed by atoms with van der Waals surface area (Å²) in [4.78, 5) is 0. The Morgan fingerprint density at radius 1 is 1.32 bits per heavy atom. The Morgan fingerprint density at radius 3 is 2.63 bits per heavy atom. The summed E-state index contributed by atoms with van der Waals surface area (Å²) in [5, 5.41) is 3.56. The number of furan rings is 1. The molecule has 2 heterocycles. The van der Waals surface area contributed by atoms with Gasteiger partial charge < -0.3 is 9.73 Å². The van der Waals surface area contributed by atoms with E-state index in [1.807, 2.05) is 0 Å². The van der Waals surface area contributed by atoms with Gasteiger partial charge in [0.25, 0.3) is 0 Å². The van der Waals surface area contributed by atoms with Gasteiger partial charge in [-0.05, 0) is 63.0 Å². The van der Waals surface area contributed by atoms with E-state index in [-0.39, 0.29) is 6.04 Å². The third-order valence-corrected chi connectivity index (χ3v) is 5.29. The van der Waals surface area contributed by atoms with E-state index >= 15 is 0 Å². The summed E-state index contributed by atoms with van der Waals surface area (Å²) in [6, 6.07) is 6.39. The maximum Gasteiger partial charge on any atom is 0.125 e. The number of thiophene rings is 1. The van der Waals surface area contributed by atoms with Crippen molar-refractivity contribution in [1.29, 1.82) is 0 Å². The van der Waals surface area contributed by atoms with Crippen LogP contribution < -0.4 is 5.32 Å². The minimum absolute atomic E-state index is 0.108. The molecule has 0 bridgehead atoms. The molecule has 0 aliphatic rings. The van der Waals surface area contributed by atoms with Crippen molar-refractivity contribution in [3.05, 3.63) is 42.9 Å². The minimum atomic E-state index is 0.108. The average molecular weight is 407 g/mol. The average Bonchev–Trinajstić information content (AvgIpc) is 2.97. The summed E-state index contributed by atoms with van der Waals surface area (Å²) in [5.74, 6) is 2.01. The van der Waals surface area contributed by atoms with E-state index in [0.717, 1.165) is 38.5 Å². The molecule has 19 heavy (non-hydrogen) atoms. The molecule has 0 amide bonds. The molecular formula is C14H17Br2NOS. The van der Waals surface area contributed by atoms with Gasteiger partial charge in [0.15, 0.2) is 0 Å². The summed E-state index contributed by atoms with van der Waals surface area (Å²) in [6.45, 7) is 5.24. The molecule has 0 saturated carbocycles. The highest BCUT2D eigenvalue weighted by atomic mass is 79.9. The first kappa shape index (κ1) is 15.3. The van der Waals surface area contributed by atoms with Gasteiger partial charge >= 0.3 is 0 Å². The quantitative estimate of drug-likeness (QED) is 0.683. The van der Waals surface area contributed by atoms with Crippen molar-refractivity contribution in [2.45, 2.75) is 32.7 Å². The predicted molar refractivity (Wildman–Crippen MR) is 87.9 cm³/mol. The van der Waals surface area contributed by atoms with Crippen LogP contribution in [0.2, 0.25) is 0 Å². The lowest BCUT2D eigenvalue weighted by Gasteiger charge is -2.16. The molecule has 0 spiro atoms. The van der Waals surface area contributed by atoms with E-state index in [2.05, 4.69) is 69.2 Å². The predicted octanol–water partition coefficient (Wildman–Crippen LogP) is 5.52. The maximum atomic E-state index is 5.92. The van der Waals surface area contributed by atoms with Gasteiger partial charge in [0.05, 0.1) is 13.6 Å². The fourth-order valence-corrected chi connectivity index (χ4v) is 4.84. The SMILES string of the molecule is CCCNC(c1ccc(CC)o1)c1cc(Br)sc1Br. The summed E-state index contributed by atoms with van der Waals surface area (Å²) >= 11 is 8.87. The van der Waals surface area contributed by atoms with Crippen molar-refractivity contribution in [2.24, 2.45) is 0 Å². The van der Waals surface area contributed by atoms with Crippen LogP contribution in [-0.4, -0.2) is 6.54 Å². The topological polar surface area (TPSA) is 25.2 Å². The second-order valence-electron chi connectivity index (χ2n) is 4.32. The van der Waals surface area contributed by atoms with Crippen molar-refractivity contribution >= 4 is 43.2 Å². The third-order valence-electron chi connectivity index (χ3n) is 2.91. The van der Waals surface area contributed by atoms with Gasteiger partial charge in [0.1, 0.15) is 11.5 Å².